The maximum absolute atomic E-state index is 11.5. The zero-order chi connectivity index (χ0) is 10.5. The quantitative estimate of drug-likeness (QED) is 0.696. The summed E-state index contributed by atoms with van der Waals surface area (Å²) in [6, 6.07) is 0.596. The average molecular weight is 210 g/mol. The Bertz CT molecular complexity index is 208. The van der Waals surface area contributed by atoms with Crippen LogP contribution in [0.15, 0.2) is 0 Å². The van der Waals surface area contributed by atoms with Crippen LogP contribution >= 0.6 is 0 Å². The lowest BCUT2D eigenvalue weighted by molar-refractivity contribution is -0.121. The molecule has 0 radical (unpaired) electrons. The van der Waals surface area contributed by atoms with Crippen LogP contribution < -0.4 is 10.6 Å². The molecule has 2 aliphatic rings. The fraction of sp³-hybridized carbons (Fsp3) is 0.917. The van der Waals surface area contributed by atoms with Crippen molar-refractivity contribution in [3.05, 3.63) is 0 Å². The third-order valence-electron chi connectivity index (χ3n) is 3.45. The van der Waals surface area contributed by atoms with Gasteiger partial charge < -0.3 is 10.6 Å². The Morgan fingerprint density at radius 1 is 1.27 bits per heavy atom. The van der Waals surface area contributed by atoms with Crippen molar-refractivity contribution in [3.8, 4) is 0 Å². The Morgan fingerprint density at radius 3 is 2.80 bits per heavy atom. The van der Waals surface area contributed by atoms with E-state index < -0.39 is 0 Å². The van der Waals surface area contributed by atoms with E-state index in [2.05, 4.69) is 10.6 Å². The molecule has 1 atom stereocenters. The van der Waals surface area contributed by atoms with E-state index in [-0.39, 0.29) is 5.91 Å². The first-order valence-electron chi connectivity index (χ1n) is 6.34. The van der Waals surface area contributed by atoms with Crippen LogP contribution in [-0.2, 0) is 4.79 Å². The number of rotatable bonds is 6. The molecule has 0 spiro atoms. The predicted molar refractivity (Wildman–Crippen MR) is 60.6 cm³/mol. The van der Waals surface area contributed by atoms with Crippen LogP contribution in [0.4, 0.5) is 0 Å². The van der Waals surface area contributed by atoms with Crippen molar-refractivity contribution in [3.63, 3.8) is 0 Å². The first-order chi connectivity index (χ1) is 7.34. The number of nitrogens with one attached hydrogen (secondary N) is 2. The van der Waals surface area contributed by atoms with Crippen LogP contribution in [0.2, 0.25) is 0 Å². The summed E-state index contributed by atoms with van der Waals surface area (Å²) in [5.41, 5.74) is 0. The number of hydrogen-bond acceptors (Lipinski definition) is 2. The van der Waals surface area contributed by atoms with Gasteiger partial charge in [-0.1, -0.05) is 12.8 Å². The Labute approximate surface area is 92.0 Å². The zero-order valence-electron chi connectivity index (χ0n) is 9.43. The van der Waals surface area contributed by atoms with E-state index in [1.165, 1.54) is 32.1 Å². The Hall–Kier alpha value is -0.570. The molecule has 86 valence electrons. The molecule has 0 bridgehead atoms. The van der Waals surface area contributed by atoms with E-state index in [9.17, 15) is 4.79 Å². The van der Waals surface area contributed by atoms with E-state index >= 15 is 0 Å². The van der Waals surface area contributed by atoms with Crippen molar-refractivity contribution in [2.45, 2.75) is 51.0 Å². The van der Waals surface area contributed by atoms with Gasteiger partial charge in [0.2, 0.25) is 5.91 Å². The lowest BCUT2D eigenvalue weighted by Gasteiger charge is -2.09. The maximum Gasteiger partial charge on any atom is 0.220 e. The minimum Gasteiger partial charge on any atom is -0.356 e. The van der Waals surface area contributed by atoms with Gasteiger partial charge in [0.1, 0.15) is 0 Å². The Kier molecular flexibility index (Phi) is 4.01. The summed E-state index contributed by atoms with van der Waals surface area (Å²) in [5.74, 6) is 1.16. The molecule has 2 fully saturated rings. The molecule has 1 unspecified atom stereocenters. The topological polar surface area (TPSA) is 41.1 Å². The second-order valence-electron chi connectivity index (χ2n) is 4.91. The number of carbonyl (C=O) groups is 1. The minimum absolute atomic E-state index is 0.240. The highest BCUT2D eigenvalue weighted by molar-refractivity contribution is 5.75. The maximum atomic E-state index is 11.5. The second-order valence-corrected chi connectivity index (χ2v) is 4.91. The van der Waals surface area contributed by atoms with Gasteiger partial charge in [0, 0.05) is 19.0 Å². The van der Waals surface area contributed by atoms with Crippen molar-refractivity contribution in [1.29, 1.82) is 0 Å². The molecular formula is C12H22N2O. The van der Waals surface area contributed by atoms with E-state index in [1.807, 2.05) is 0 Å². The van der Waals surface area contributed by atoms with Crippen molar-refractivity contribution in [1.82, 2.24) is 10.6 Å². The number of amides is 1. The van der Waals surface area contributed by atoms with Crippen LogP contribution in [0.3, 0.4) is 0 Å². The standard InChI is InChI=1S/C12H22N2O/c15-12(14-9-7-10-3-4-10)6-5-11-2-1-8-13-11/h10-11,13H,1-9H2,(H,14,15). The molecule has 0 aromatic heterocycles. The van der Waals surface area contributed by atoms with E-state index in [0.29, 0.717) is 12.5 Å². The Morgan fingerprint density at radius 2 is 2.13 bits per heavy atom. The largest absolute Gasteiger partial charge is 0.356 e. The first kappa shape index (κ1) is 10.9. The predicted octanol–water partition coefficient (Wildman–Crippen LogP) is 1.43. The lowest BCUT2D eigenvalue weighted by atomic mass is 10.1. The summed E-state index contributed by atoms with van der Waals surface area (Å²) < 4.78 is 0. The number of hydrogen-bond donors (Lipinski definition) is 2. The highest BCUT2D eigenvalue weighted by Gasteiger charge is 2.20. The molecule has 1 aliphatic carbocycles. The van der Waals surface area contributed by atoms with Gasteiger partial charge in [-0.05, 0) is 38.1 Å². The van der Waals surface area contributed by atoms with Gasteiger partial charge in [0.15, 0.2) is 0 Å². The van der Waals surface area contributed by atoms with Gasteiger partial charge in [-0.2, -0.15) is 0 Å². The third-order valence-corrected chi connectivity index (χ3v) is 3.45. The lowest BCUT2D eigenvalue weighted by Crippen LogP contribution is -2.28. The molecule has 3 nitrogen and oxygen atoms in total. The monoisotopic (exact) mass is 210 g/mol. The van der Waals surface area contributed by atoms with Crippen molar-refractivity contribution in [2.24, 2.45) is 5.92 Å². The zero-order valence-corrected chi connectivity index (χ0v) is 9.43. The van der Waals surface area contributed by atoms with E-state index in [1.54, 1.807) is 0 Å². The van der Waals surface area contributed by atoms with Gasteiger partial charge in [-0.25, -0.2) is 0 Å². The van der Waals surface area contributed by atoms with Gasteiger partial charge >= 0.3 is 0 Å². The van der Waals surface area contributed by atoms with Crippen molar-refractivity contribution >= 4 is 5.91 Å². The summed E-state index contributed by atoms with van der Waals surface area (Å²) in [4.78, 5) is 11.5. The summed E-state index contributed by atoms with van der Waals surface area (Å²) in [5, 5.41) is 6.43. The van der Waals surface area contributed by atoms with Gasteiger partial charge in [-0.3, -0.25) is 4.79 Å². The second kappa shape index (κ2) is 5.50. The SMILES string of the molecule is O=C(CCC1CCCN1)NCCC1CC1. The fourth-order valence-electron chi connectivity index (χ4n) is 2.22. The molecule has 0 aromatic rings. The van der Waals surface area contributed by atoms with Crippen LogP contribution in [0, 0.1) is 5.92 Å². The van der Waals surface area contributed by atoms with E-state index in [0.717, 1.165) is 25.4 Å². The summed E-state index contributed by atoms with van der Waals surface area (Å²) in [6.45, 7) is 2.02. The average Bonchev–Trinajstić information content (AvgIpc) is 2.91. The van der Waals surface area contributed by atoms with Gasteiger partial charge in [0.05, 0.1) is 0 Å². The molecule has 15 heavy (non-hydrogen) atoms. The normalized spacial score (nSPS) is 25.5. The molecule has 1 aliphatic heterocycles. The molecule has 3 heteroatoms. The minimum atomic E-state index is 0.240. The molecule has 1 amide bonds. The third kappa shape index (κ3) is 4.20. The Balaban J connectivity index is 1.47. The highest BCUT2D eigenvalue weighted by atomic mass is 16.1. The van der Waals surface area contributed by atoms with E-state index in [4.69, 9.17) is 0 Å². The molecule has 1 heterocycles. The summed E-state index contributed by atoms with van der Waals surface area (Å²) in [6.07, 6.45) is 8.16. The van der Waals surface area contributed by atoms with Gasteiger partial charge in [0.25, 0.3) is 0 Å². The highest BCUT2D eigenvalue weighted by Crippen LogP contribution is 2.31. The number of carbonyl (C=O) groups excluding carboxylic acids is 1. The summed E-state index contributed by atoms with van der Waals surface area (Å²) in [7, 11) is 0. The van der Waals surface area contributed by atoms with Crippen LogP contribution in [0.1, 0.15) is 44.9 Å². The molecule has 0 aromatic carbocycles. The van der Waals surface area contributed by atoms with Crippen molar-refractivity contribution < 1.29 is 4.79 Å². The van der Waals surface area contributed by atoms with Crippen LogP contribution in [0.25, 0.3) is 0 Å². The van der Waals surface area contributed by atoms with Gasteiger partial charge in [-0.15, -0.1) is 0 Å². The van der Waals surface area contributed by atoms with Crippen LogP contribution in [0.5, 0.6) is 0 Å². The fourth-order valence-corrected chi connectivity index (χ4v) is 2.22. The summed E-state index contributed by atoms with van der Waals surface area (Å²) >= 11 is 0. The molecule has 2 N–H and O–H groups in total. The molecular weight excluding hydrogens is 188 g/mol. The van der Waals surface area contributed by atoms with Crippen LogP contribution in [-0.4, -0.2) is 25.0 Å². The molecule has 1 saturated heterocycles. The molecule has 1 saturated carbocycles. The molecule has 2 rings (SSSR count). The smallest absolute Gasteiger partial charge is 0.220 e. The first-order valence-corrected chi connectivity index (χ1v) is 6.34. The van der Waals surface area contributed by atoms with Crippen molar-refractivity contribution in [2.75, 3.05) is 13.1 Å².